The highest BCUT2D eigenvalue weighted by molar-refractivity contribution is 7.99. The molecule has 0 aliphatic heterocycles. The van der Waals surface area contributed by atoms with E-state index in [1.54, 1.807) is 30.4 Å². The zero-order valence-corrected chi connectivity index (χ0v) is 7.34. The summed E-state index contributed by atoms with van der Waals surface area (Å²) in [6.07, 6.45) is 5.58. The second-order valence-corrected chi connectivity index (χ2v) is 3.28. The Kier molecular flexibility index (Phi) is 3.53. The van der Waals surface area contributed by atoms with Crippen molar-refractivity contribution >= 4 is 17.6 Å². The van der Waals surface area contributed by atoms with E-state index in [4.69, 9.17) is 11.1 Å². The number of nitrogens with one attached hydrogen (secondary N) is 1. The SMILES string of the molecule is N=C(N)CCSc1cnccn1. The summed E-state index contributed by atoms with van der Waals surface area (Å²) < 4.78 is 0. The van der Waals surface area contributed by atoms with Crippen molar-refractivity contribution in [1.82, 2.24) is 9.97 Å². The fraction of sp³-hybridized carbons (Fsp3) is 0.286. The summed E-state index contributed by atoms with van der Waals surface area (Å²) in [5.74, 6) is 1.000. The molecule has 1 rings (SSSR count). The van der Waals surface area contributed by atoms with Crippen LogP contribution in [0.25, 0.3) is 0 Å². The van der Waals surface area contributed by atoms with Gasteiger partial charge in [-0.15, -0.1) is 11.8 Å². The smallest absolute Gasteiger partial charge is 0.114 e. The summed E-state index contributed by atoms with van der Waals surface area (Å²) in [5.41, 5.74) is 5.19. The number of aromatic nitrogens is 2. The van der Waals surface area contributed by atoms with Crippen LogP contribution in [0.3, 0.4) is 0 Å². The Balaban J connectivity index is 2.29. The molecule has 0 saturated carbocycles. The lowest BCUT2D eigenvalue weighted by Crippen LogP contribution is -2.09. The van der Waals surface area contributed by atoms with E-state index in [1.807, 2.05) is 0 Å². The Morgan fingerprint density at radius 3 is 3.00 bits per heavy atom. The Hall–Kier alpha value is -1.10. The van der Waals surface area contributed by atoms with Crippen LogP contribution in [0.4, 0.5) is 0 Å². The lowest BCUT2D eigenvalue weighted by molar-refractivity contribution is 1.05. The molecule has 0 radical (unpaired) electrons. The maximum Gasteiger partial charge on any atom is 0.114 e. The molecule has 0 aliphatic carbocycles. The summed E-state index contributed by atoms with van der Waals surface area (Å²) in [5, 5.41) is 7.86. The molecule has 0 fully saturated rings. The van der Waals surface area contributed by atoms with Crippen molar-refractivity contribution in [3.05, 3.63) is 18.6 Å². The van der Waals surface area contributed by atoms with Crippen LogP contribution in [0.5, 0.6) is 0 Å². The largest absolute Gasteiger partial charge is 0.388 e. The molecule has 0 unspecified atom stereocenters. The molecule has 3 N–H and O–H groups in total. The van der Waals surface area contributed by atoms with Gasteiger partial charge in [-0.25, -0.2) is 4.98 Å². The van der Waals surface area contributed by atoms with E-state index in [0.717, 1.165) is 10.8 Å². The van der Waals surface area contributed by atoms with Gasteiger partial charge in [0.25, 0.3) is 0 Å². The minimum absolute atomic E-state index is 0.214. The summed E-state index contributed by atoms with van der Waals surface area (Å²) in [4.78, 5) is 7.98. The van der Waals surface area contributed by atoms with Gasteiger partial charge in [-0.3, -0.25) is 10.4 Å². The van der Waals surface area contributed by atoms with E-state index in [-0.39, 0.29) is 5.84 Å². The summed E-state index contributed by atoms with van der Waals surface area (Å²) in [6.45, 7) is 0. The lowest BCUT2D eigenvalue weighted by atomic mass is 10.5. The van der Waals surface area contributed by atoms with Crippen molar-refractivity contribution in [2.45, 2.75) is 11.4 Å². The van der Waals surface area contributed by atoms with Gasteiger partial charge in [-0.2, -0.15) is 0 Å². The van der Waals surface area contributed by atoms with Gasteiger partial charge in [0.1, 0.15) is 5.03 Å². The molecule has 4 nitrogen and oxygen atoms in total. The van der Waals surface area contributed by atoms with E-state index in [0.29, 0.717) is 6.42 Å². The van der Waals surface area contributed by atoms with Crippen LogP contribution in [0, 0.1) is 5.41 Å². The highest BCUT2D eigenvalue weighted by Gasteiger charge is 1.95. The third kappa shape index (κ3) is 3.34. The van der Waals surface area contributed by atoms with Crippen LogP contribution in [0.1, 0.15) is 6.42 Å². The number of hydrogen-bond donors (Lipinski definition) is 2. The van der Waals surface area contributed by atoms with Crippen LogP contribution in [0.2, 0.25) is 0 Å². The molecule has 0 saturated heterocycles. The molecule has 1 aromatic heterocycles. The number of hydrogen-bond acceptors (Lipinski definition) is 4. The molecule has 0 atom stereocenters. The van der Waals surface area contributed by atoms with Crippen LogP contribution in [-0.2, 0) is 0 Å². The molecule has 5 heteroatoms. The molecular formula is C7H10N4S. The first-order chi connectivity index (χ1) is 5.79. The van der Waals surface area contributed by atoms with Crippen LogP contribution < -0.4 is 5.73 Å². The highest BCUT2D eigenvalue weighted by Crippen LogP contribution is 2.13. The molecular weight excluding hydrogens is 172 g/mol. The van der Waals surface area contributed by atoms with Crippen molar-refractivity contribution in [1.29, 1.82) is 5.41 Å². The molecule has 0 bridgehead atoms. The van der Waals surface area contributed by atoms with Crippen LogP contribution in [-0.4, -0.2) is 21.6 Å². The molecule has 12 heavy (non-hydrogen) atoms. The minimum atomic E-state index is 0.214. The molecule has 1 heterocycles. The number of nitrogens with zero attached hydrogens (tertiary/aromatic N) is 2. The van der Waals surface area contributed by atoms with Gasteiger partial charge in [0.2, 0.25) is 0 Å². The number of thioether (sulfide) groups is 1. The molecule has 0 spiro atoms. The average Bonchev–Trinajstić information content (AvgIpc) is 2.05. The third-order valence-electron chi connectivity index (χ3n) is 1.16. The second kappa shape index (κ2) is 4.71. The Labute approximate surface area is 75.1 Å². The summed E-state index contributed by atoms with van der Waals surface area (Å²) in [6, 6.07) is 0. The zero-order valence-electron chi connectivity index (χ0n) is 6.53. The van der Waals surface area contributed by atoms with Gasteiger partial charge in [0.05, 0.1) is 12.0 Å². The molecule has 0 aromatic carbocycles. The standard InChI is InChI=1S/C7H10N4S/c8-6(9)1-4-12-7-5-10-2-3-11-7/h2-3,5H,1,4H2,(H3,8,9). The summed E-state index contributed by atoms with van der Waals surface area (Å²) >= 11 is 1.55. The molecule has 64 valence electrons. The fourth-order valence-corrected chi connectivity index (χ4v) is 1.43. The van der Waals surface area contributed by atoms with Crippen LogP contribution >= 0.6 is 11.8 Å². The first kappa shape index (κ1) is 8.99. The predicted molar refractivity (Wildman–Crippen MR) is 49.3 cm³/mol. The van der Waals surface area contributed by atoms with Crippen molar-refractivity contribution in [3.8, 4) is 0 Å². The van der Waals surface area contributed by atoms with Gasteiger partial charge < -0.3 is 5.73 Å². The maximum absolute atomic E-state index is 6.99. The van der Waals surface area contributed by atoms with E-state index < -0.39 is 0 Å². The Morgan fingerprint density at radius 2 is 2.42 bits per heavy atom. The molecule has 1 aromatic rings. The first-order valence-corrected chi connectivity index (χ1v) is 4.49. The Morgan fingerprint density at radius 1 is 1.58 bits per heavy atom. The predicted octanol–water partition coefficient (Wildman–Crippen LogP) is 0.895. The van der Waals surface area contributed by atoms with Crippen molar-refractivity contribution < 1.29 is 0 Å². The van der Waals surface area contributed by atoms with Gasteiger partial charge >= 0.3 is 0 Å². The number of amidine groups is 1. The van der Waals surface area contributed by atoms with Gasteiger partial charge in [0, 0.05) is 24.6 Å². The lowest BCUT2D eigenvalue weighted by Gasteiger charge is -1.97. The monoisotopic (exact) mass is 182 g/mol. The topological polar surface area (TPSA) is 75.7 Å². The van der Waals surface area contributed by atoms with Crippen molar-refractivity contribution in [2.24, 2.45) is 5.73 Å². The first-order valence-electron chi connectivity index (χ1n) is 3.51. The van der Waals surface area contributed by atoms with Crippen LogP contribution in [0.15, 0.2) is 23.6 Å². The van der Waals surface area contributed by atoms with E-state index >= 15 is 0 Å². The summed E-state index contributed by atoms with van der Waals surface area (Å²) in [7, 11) is 0. The molecule has 0 amide bonds. The maximum atomic E-state index is 6.99. The van der Waals surface area contributed by atoms with Crippen molar-refractivity contribution in [3.63, 3.8) is 0 Å². The quantitative estimate of drug-likeness (QED) is 0.412. The minimum Gasteiger partial charge on any atom is -0.388 e. The second-order valence-electron chi connectivity index (χ2n) is 2.17. The van der Waals surface area contributed by atoms with E-state index in [9.17, 15) is 0 Å². The fourth-order valence-electron chi connectivity index (χ4n) is 0.626. The number of rotatable bonds is 4. The normalized spacial score (nSPS) is 9.67. The zero-order chi connectivity index (χ0) is 8.81. The van der Waals surface area contributed by atoms with E-state index in [2.05, 4.69) is 9.97 Å². The average molecular weight is 182 g/mol. The van der Waals surface area contributed by atoms with Crippen molar-refractivity contribution in [2.75, 3.05) is 5.75 Å². The third-order valence-corrected chi connectivity index (χ3v) is 2.08. The van der Waals surface area contributed by atoms with Gasteiger partial charge in [-0.05, 0) is 0 Å². The van der Waals surface area contributed by atoms with Gasteiger partial charge in [-0.1, -0.05) is 0 Å². The number of nitrogens with two attached hydrogens (primary N) is 1. The highest BCUT2D eigenvalue weighted by atomic mass is 32.2. The van der Waals surface area contributed by atoms with Gasteiger partial charge in [0.15, 0.2) is 0 Å². The van der Waals surface area contributed by atoms with E-state index in [1.165, 1.54) is 0 Å². The Bertz CT molecular complexity index is 249. The molecule has 0 aliphatic rings.